The van der Waals surface area contributed by atoms with Crippen LogP contribution in [0.4, 0.5) is 0 Å². The number of rotatable bonds is 6. The van der Waals surface area contributed by atoms with E-state index in [1.807, 2.05) is 0 Å². The van der Waals surface area contributed by atoms with Gasteiger partial charge < -0.3 is 5.32 Å². The molecule has 0 aliphatic heterocycles. The number of allylic oxidation sites excluding steroid dienone is 1. The normalized spacial score (nSPS) is 13.2. The zero-order valence-electron chi connectivity index (χ0n) is 11.2. The summed E-state index contributed by atoms with van der Waals surface area (Å²) >= 11 is 0. The number of nitrogens with one attached hydrogen (secondary N) is 1. The van der Waals surface area contributed by atoms with Gasteiger partial charge in [-0.3, -0.25) is 0 Å². The van der Waals surface area contributed by atoms with Gasteiger partial charge in [0.25, 0.3) is 0 Å². The van der Waals surface area contributed by atoms with E-state index in [0.717, 1.165) is 12.1 Å². The van der Waals surface area contributed by atoms with Gasteiger partial charge in [-0.25, -0.2) is 0 Å². The Balaban J connectivity index is 2.91. The summed E-state index contributed by atoms with van der Waals surface area (Å²) in [5.74, 6) is 0.634. The predicted molar refractivity (Wildman–Crippen MR) is 76.7 cm³/mol. The molecule has 1 N–H and O–H groups in total. The fourth-order valence-corrected chi connectivity index (χ4v) is 1.80. The highest BCUT2D eigenvalue weighted by molar-refractivity contribution is 5.64. The summed E-state index contributed by atoms with van der Waals surface area (Å²) in [4.78, 5) is 0. The summed E-state index contributed by atoms with van der Waals surface area (Å²) in [6, 6.07) is 8.80. The minimum Gasteiger partial charge on any atom is -0.362 e. The van der Waals surface area contributed by atoms with Crippen LogP contribution in [-0.4, -0.2) is 0 Å². The van der Waals surface area contributed by atoms with E-state index in [-0.39, 0.29) is 0 Å². The maximum absolute atomic E-state index is 3.72. The molecule has 1 rings (SSSR count). The molecule has 1 aromatic carbocycles. The molecular weight excluding hydrogens is 206 g/mol. The fraction of sp³-hybridized carbons (Fsp3) is 0.375. The average Bonchev–Trinajstić information content (AvgIpc) is 2.38. The zero-order valence-corrected chi connectivity index (χ0v) is 11.2. The predicted octanol–water partition coefficient (Wildman–Crippen LogP) is 4.68. The first-order chi connectivity index (χ1) is 8.22. The smallest absolute Gasteiger partial charge is 0.0412 e. The molecule has 1 atom stereocenters. The van der Waals surface area contributed by atoms with Crippen molar-refractivity contribution in [3.05, 3.63) is 54.2 Å². The van der Waals surface area contributed by atoms with Crippen LogP contribution in [-0.2, 0) is 0 Å². The minimum atomic E-state index is 0.634. The molecule has 0 saturated carbocycles. The molecule has 92 valence electrons. The van der Waals surface area contributed by atoms with Gasteiger partial charge in [0.15, 0.2) is 0 Å². The third-order valence-electron chi connectivity index (χ3n) is 3.07. The van der Waals surface area contributed by atoms with E-state index < -0.39 is 0 Å². The van der Waals surface area contributed by atoms with Gasteiger partial charge in [-0.2, -0.15) is 0 Å². The summed E-state index contributed by atoms with van der Waals surface area (Å²) in [5, 5.41) is 3.19. The standard InChI is InChI=1S/C16H23N/c1-5-8-16(17-7-3)15-11-9-14(10-12-15)13(4)6-2/h7-13,17H,3,5-6H2,1-2,4H3/b16-8-. The van der Waals surface area contributed by atoms with Crippen LogP contribution < -0.4 is 5.32 Å². The van der Waals surface area contributed by atoms with E-state index in [1.54, 1.807) is 6.20 Å². The van der Waals surface area contributed by atoms with Gasteiger partial charge in [0.2, 0.25) is 0 Å². The maximum Gasteiger partial charge on any atom is 0.0412 e. The van der Waals surface area contributed by atoms with Gasteiger partial charge in [-0.1, -0.05) is 57.7 Å². The van der Waals surface area contributed by atoms with Crippen molar-refractivity contribution in [3.8, 4) is 0 Å². The monoisotopic (exact) mass is 229 g/mol. The second-order valence-corrected chi connectivity index (χ2v) is 4.31. The van der Waals surface area contributed by atoms with Crippen molar-refractivity contribution in [2.24, 2.45) is 0 Å². The molecule has 0 aliphatic carbocycles. The van der Waals surface area contributed by atoms with Crippen molar-refractivity contribution in [2.45, 2.75) is 39.5 Å². The van der Waals surface area contributed by atoms with Crippen LogP contribution in [0.15, 0.2) is 43.1 Å². The Morgan fingerprint density at radius 1 is 1.29 bits per heavy atom. The minimum absolute atomic E-state index is 0.634. The van der Waals surface area contributed by atoms with Gasteiger partial charge >= 0.3 is 0 Å². The number of benzene rings is 1. The van der Waals surface area contributed by atoms with Crippen molar-refractivity contribution in [1.82, 2.24) is 5.32 Å². The third-order valence-corrected chi connectivity index (χ3v) is 3.07. The van der Waals surface area contributed by atoms with Gasteiger partial charge in [0.05, 0.1) is 0 Å². The van der Waals surface area contributed by atoms with Crippen molar-refractivity contribution < 1.29 is 0 Å². The molecule has 1 nitrogen and oxygen atoms in total. The topological polar surface area (TPSA) is 12.0 Å². The fourth-order valence-electron chi connectivity index (χ4n) is 1.80. The Bertz CT molecular complexity index is 373. The van der Waals surface area contributed by atoms with Crippen LogP contribution in [0.2, 0.25) is 0 Å². The highest BCUT2D eigenvalue weighted by Crippen LogP contribution is 2.21. The molecule has 17 heavy (non-hydrogen) atoms. The second kappa shape index (κ2) is 6.95. The third kappa shape index (κ3) is 3.77. The Kier molecular flexibility index (Phi) is 5.55. The summed E-state index contributed by atoms with van der Waals surface area (Å²) in [7, 11) is 0. The molecule has 0 amide bonds. The quantitative estimate of drug-likeness (QED) is 0.746. The van der Waals surface area contributed by atoms with E-state index >= 15 is 0 Å². The lowest BCUT2D eigenvalue weighted by Crippen LogP contribution is -2.03. The molecule has 0 bridgehead atoms. The van der Waals surface area contributed by atoms with Crippen LogP contribution in [0.5, 0.6) is 0 Å². The molecule has 1 unspecified atom stereocenters. The van der Waals surface area contributed by atoms with Crippen LogP contribution in [0.3, 0.4) is 0 Å². The molecule has 1 aromatic rings. The largest absolute Gasteiger partial charge is 0.362 e. The van der Waals surface area contributed by atoms with Crippen molar-refractivity contribution in [2.75, 3.05) is 0 Å². The Morgan fingerprint density at radius 2 is 1.94 bits per heavy atom. The first-order valence-corrected chi connectivity index (χ1v) is 6.40. The molecule has 0 spiro atoms. The molecule has 0 saturated heterocycles. The molecule has 0 fully saturated rings. The lowest BCUT2D eigenvalue weighted by molar-refractivity contribution is 0.733. The molecular formula is C16H23N. The van der Waals surface area contributed by atoms with Crippen molar-refractivity contribution in [1.29, 1.82) is 0 Å². The number of hydrogen-bond donors (Lipinski definition) is 1. The zero-order chi connectivity index (χ0) is 12.7. The molecule has 0 heterocycles. The van der Waals surface area contributed by atoms with Crippen LogP contribution in [0, 0.1) is 0 Å². The Labute approximate surface area is 105 Å². The Morgan fingerprint density at radius 3 is 2.41 bits per heavy atom. The highest BCUT2D eigenvalue weighted by atomic mass is 14.8. The van der Waals surface area contributed by atoms with E-state index in [2.05, 4.69) is 63.0 Å². The van der Waals surface area contributed by atoms with E-state index in [9.17, 15) is 0 Å². The first kappa shape index (κ1) is 13.6. The summed E-state index contributed by atoms with van der Waals surface area (Å²) < 4.78 is 0. The molecule has 1 heteroatoms. The Hall–Kier alpha value is -1.50. The first-order valence-electron chi connectivity index (χ1n) is 6.40. The van der Waals surface area contributed by atoms with Crippen molar-refractivity contribution >= 4 is 5.70 Å². The van der Waals surface area contributed by atoms with E-state index in [4.69, 9.17) is 0 Å². The molecule has 0 radical (unpaired) electrons. The summed E-state index contributed by atoms with van der Waals surface area (Å²) in [6.45, 7) is 10.3. The van der Waals surface area contributed by atoms with Crippen LogP contribution >= 0.6 is 0 Å². The summed E-state index contributed by atoms with van der Waals surface area (Å²) in [6.07, 6.45) is 6.11. The van der Waals surface area contributed by atoms with Gasteiger partial charge in [0.1, 0.15) is 0 Å². The lowest BCUT2D eigenvalue weighted by atomic mass is 9.97. The SMILES string of the molecule is C=CN/C(=C\CC)c1ccc(C(C)CC)cc1. The average molecular weight is 229 g/mol. The molecule has 0 aromatic heterocycles. The van der Waals surface area contributed by atoms with Gasteiger partial charge in [-0.05, 0) is 36.1 Å². The van der Waals surface area contributed by atoms with E-state index in [1.165, 1.54) is 17.5 Å². The van der Waals surface area contributed by atoms with Gasteiger partial charge in [-0.15, -0.1) is 0 Å². The maximum atomic E-state index is 3.72. The lowest BCUT2D eigenvalue weighted by Gasteiger charge is -2.11. The van der Waals surface area contributed by atoms with Gasteiger partial charge in [0, 0.05) is 5.70 Å². The summed E-state index contributed by atoms with van der Waals surface area (Å²) in [5.41, 5.74) is 3.77. The van der Waals surface area contributed by atoms with E-state index in [0.29, 0.717) is 5.92 Å². The second-order valence-electron chi connectivity index (χ2n) is 4.31. The van der Waals surface area contributed by atoms with Crippen molar-refractivity contribution in [3.63, 3.8) is 0 Å². The number of hydrogen-bond acceptors (Lipinski definition) is 1. The highest BCUT2D eigenvalue weighted by Gasteiger charge is 2.04. The van der Waals surface area contributed by atoms with Crippen LogP contribution in [0.25, 0.3) is 5.70 Å². The van der Waals surface area contributed by atoms with Crippen LogP contribution in [0.1, 0.15) is 50.7 Å². The molecule has 0 aliphatic rings.